The number of rotatable bonds is 15. The van der Waals surface area contributed by atoms with Gasteiger partial charge in [-0.1, -0.05) is 69.4 Å². The number of carbonyl (C=O) groups excluding carboxylic acids is 1. The van der Waals surface area contributed by atoms with Crippen LogP contribution < -0.4 is 5.32 Å². The predicted octanol–water partition coefficient (Wildman–Crippen LogP) is 6.71. The smallest absolute Gasteiger partial charge is 0.326 e. The monoisotopic (exact) mass is 540 g/mol. The number of aryl methyl sites for hydroxylation is 1. The molecule has 1 aliphatic rings. The first-order valence-corrected chi connectivity index (χ1v) is 15.4. The maximum absolute atomic E-state index is 13.4. The van der Waals surface area contributed by atoms with E-state index in [4.69, 9.17) is 4.84 Å². The van der Waals surface area contributed by atoms with Gasteiger partial charge in [0.1, 0.15) is 6.04 Å². The number of hydrogen-bond acceptors (Lipinski definition) is 5. The lowest BCUT2D eigenvalue weighted by Gasteiger charge is -2.27. The van der Waals surface area contributed by atoms with Gasteiger partial charge in [0.15, 0.2) is 0 Å². The fourth-order valence-corrected chi connectivity index (χ4v) is 5.60. The molecule has 2 N–H and O–H groups in total. The molecular formula is C31H44N2O4S. The third-order valence-electron chi connectivity index (χ3n) is 7.33. The molecular weight excluding hydrogens is 496 g/mol. The average Bonchev–Trinajstić information content (AvgIpc) is 2.93. The molecule has 208 valence electrons. The van der Waals surface area contributed by atoms with E-state index < -0.39 is 12.0 Å². The molecule has 0 bridgehead atoms. The predicted molar refractivity (Wildman–Crippen MR) is 156 cm³/mol. The minimum atomic E-state index is -1.01. The number of carboxylic acids is 1. The molecule has 1 atom stereocenters. The third-order valence-corrected chi connectivity index (χ3v) is 7.97. The van der Waals surface area contributed by atoms with Crippen LogP contribution in [0.2, 0.25) is 0 Å². The second-order valence-electron chi connectivity index (χ2n) is 10.3. The first-order chi connectivity index (χ1) is 18.4. The van der Waals surface area contributed by atoms with E-state index in [0.717, 1.165) is 47.6 Å². The highest BCUT2D eigenvalue weighted by Crippen LogP contribution is 2.30. The second kappa shape index (κ2) is 15.9. The number of hydroxylamine groups is 2. The largest absolute Gasteiger partial charge is 0.480 e. The van der Waals surface area contributed by atoms with Crippen molar-refractivity contribution in [3.63, 3.8) is 0 Å². The van der Waals surface area contributed by atoms with E-state index in [2.05, 4.69) is 23.4 Å². The maximum atomic E-state index is 13.4. The summed E-state index contributed by atoms with van der Waals surface area (Å²) in [7, 11) is 0. The van der Waals surface area contributed by atoms with Crippen LogP contribution in [0.15, 0.2) is 42.5 Å². The quantitative estimate of drug-likeness (QED) is 0.244. The Morgan fingerprint density at radius 3 is 2.58 bits per heavy atom. The van der Waals surface area contributed by atoms with E-state index in [-0.39, 0.29) is 5.91 Å². The van der Waals surface area contributed by atoms with Crippen molar-refractivity contribution in [1.29, 1.82) is 0 Å². The number of nitrogens with zero attached hydrogens (tertiary/aromatic N) is 1. The van der Waals surface area contributed by atoms with Gasteiger partial charge in [0.2, 0.25) is 0 Å². The molecule has 2 aromatic carbocycles. The van der Waals surface area contributed by atoms with E-state index in [9.17, 15) is 14.7 Å². The van der Waals surface area contributed by atoms with E-state index in [1.54, 1.807) is 11.8 Å². The summed E-state index contributed by atoms with van der Waals surface area (Å²) in [6.45, 7) is 6.36. The van der Waals surface area contributed by atoms with Gasteiger partial charge in [0, 0.05) is 18.7 Å². The van der Waals surface area contributed by atoms with Gasteiger partial charge >= 0.3 is 5.97 Å². The molecule has 1 amide bonds. The van der Waals surface area contributed by atoms with Crippen LogP contribution in [-0.4, -0.2) is 53.2 Å². The summed E-state index contributed by atoms with van der Waals surface area (Å²) in [6.07, 6.45) is 11.1. The Bertz CT molecular complexity index is 1040. The van der Waals surface area contributed by atoms with E-state index in [1.807, 2.05) is 49.6 Å². The van der Waals surface area contributed by atoms with Crippen molar-refractivity contribution in [2.45, 2.75) is 77.8 Å². The number of amides is 1. The first kappa shape index (κ1) is 30.2. The Labute approximate surface area is 232 Å². The Balaban J connectivity index is 1.85. The molecule has 1 fully saturated rings. The van der Waals surface area contributed by atoms with Gasteiger partial charge in [-0.15, -0.1) is 0 Å². The molecule has 3 rings (SSSR count). The Morgan fingerprint density at radius 2 is 1.89 bits per heavy atom. The molecule has 1 aliphatic carbocycles. The van der Waals surface area contributed by atoms with Crippen LogP contribution in [0.5, 0.6) is 0 Å². The van der Waals surface area contributed by atoms with Crippen molar-refractivity contribution in [2.75, 3.05) is 25.2 Å². The zero-order chi connectivity index (χ0) is 27.3. The summed E-state index contributed by atoms with van der Waals surface area (Å²) in [6, 6.07) is 12.9. The molecule has 0 spiro atoms. The minimum absolute atomic E-state index is 0.361. The molecule has 0 unspecified atom stereocenters. The normalized spacial score (nSPS) is 14.9. The molecule has 1 saturated carbocycles. The summed E-state index contributed by atoms with van der Waals surface area (Å²) >= 11 is 1.57. The van der Waals surface area contributed by atoms with Crippen molar-refractivity contribution in [3.05, 3.63) is 59.2 Å². The van der Waals surface area contributed by atoms with Gasteiger partial charge in [-0.25, -0.2) is 4.79 Å². The highest BCUT2D eigenvalue weighted by molar-refractivity contribution is 7.98. The van der Waals surface area contributed by atoms with Crippen molar-refractivity contribution in [2.24, 2.45) is 5.92 Å². The van der Waals surface area contributed by atoms with Crippen molar-refractivity contribution < 1.29 is 19.5 Å². The number of aliphatic carboxylic acids is 1. The number of nitrogens with one attached hydrogen (secondary N) is 1. The fourth-order valence-electron chi connectivity index (χ4n) is 5.13. The average molecular weight is 541 g/mol. The summed E-state index contributed by atoms with van der Waals surface area (Å²) in [5.41, 5.74) is 4.40. The van der Waals surface area contributed by atoms with Crippen LogP contribution in [0, 0.1) is 12.8 Å². The number of carboxylic acid groups (broad SMARTS) is 1. The lowest BCUT2D eigenvalue weighted by atomic mass is 9.87. The highest BCUT2D eigenvalue weighted by atomic mass is 32.2. The number of hydrogen-bond donors (Lipinski definition) is 2. The molecule has 7 heteroatoms. The molecule has 0 aromatic heterocycles. The van der Waals surface area contributed by atoms with Crippen molar-refractivity contribution in [3.8, 4) is 11.1 Å². The molecule has 0 aliphatic heterocycles. The van der Waals surface area contributed by atoms with Crippen LogP contribution in [-0.2, 0) is 16.2 Å². The molecule has 0 saturated heterocycles. The highest BCUT2D eigenvalue weighted by Gasteiger charge is 2.23. The van der Waals surface area contributed by atoms with E-state index in [0.29, 0.717) is 30.9 Å². The molecule has 6 nitrogen and oxygen atoms in total. The number of benzene rings is 2. The van der Waals surface area contributed by atoms with Crippen LogP contribution in [0.1, 0.15) is 79.8 Å². The fraction of sp³-hybridized carbons (Fsp3) is 0.548. The lowest BCUT2D eigenvalue weighted by Crippen LogP contribution is -2.41. The maximum Gasteiger partial charge on any atom is 0.326 e. The summed E-state index contributed by atoms with van der Waals surface area (Å²) < 4.78 is 0. The zero-order valence-electron chi connectivity index (χ0n) is 23.2. The third kappa shape index (κ3) is 9.14. The van der Waals surface area contributed by atoms with E-state index >= 15 is 0 Å². The van der Waals surface area contributed by atoms with Gasteiger partial charge in [-0.2, -0.15) is 16.8 Å². The van der Waals surface area contributed by atoms with Crippen LogP contribution in [0.3, 0.4) is 0 Å². The zero-order valence-corrected chi connectivity index (χ0v) is 24.0. The SMILES string of the molecule is CCCON(CCC1CCCCC1)Cc1ccc(C(=O)N[C@@H](CCSC)C(=O)O)c(-c2ccccc2C)c1. The number of thioether (sulfide) groups is 1. The van der Waals surface area contributed by atoms with Crippen LogP contribution >= 0.6 is 11.8 Å². The molecule has 2 aromatic rings. The topological polar surface area (TPSA) is 78.9 Å². The minimum Gasteiger partial charge on any atom is -0.480 e. The van der Waals surface area contributed by atoms with Crippen LogP contribution in [0.25, 0.3) is 11.1 Å². The molecule has 0 radical (unpaired) electrons. The number of carbonyl (C=O) groups is 2. The summed E-state index contributed by atoms with van der Waals surface area (Å²) in [5, 5.41) is 14.5. The van der Waals surface area contributed by atoms with Gasteiger partial charge in [0.25, 0.3) is 5.91 Å². The van der Waals surface area contributed by atoms with Crippen molar-refractivity contribution >= 4 is 23.6 Å². The summed E-state index contributed by atoms with van der Waals surface area (Å²) in [5.74, 6) is 0.0659. The van der Waals surface area contributed by atoms with Gasteiger partial charge in [-0.3, -0.25) is 9.63 Å². The Hall–Kier alpha value is -2.35. The van der Waals surface area contributed by atoms with E-state index in [1.165, 1.54) is 32.1 Å². The Morgan fingerprint density at radius 1 is 1.13 bits per heavy atom. The molecule has 38 heavy (non-hydrogen) atoms. The van der Waals surface area contributed by atoms with Crippen molar-refractivity contribution in [1.82, 2.24) is 10.4 Å². The van der Waals surface area contributed by atoms with Gasteiger partial charge < -0.3 is 10.4 Å². The van der Waals surface area contributed by atoms with Gasteiger partial charge in [-0.05, 0) is 78.5 Å². The van der Waals surface area contributed by atoms with Gasteiger partial charge in [0.05, 0.1) is 6.61 Å². The second-order valence-corrected chi connectivity index (χ2v) is 11.3. The first-order valence-electron chi connectivity index (χ1n) is 14.0. The standard InChI is InChI=1S/C31H44N2O4S/c1-4-19-37-33(18-16-24-11-6-5-7-12-24)22-25-14-15-27(28(21-25)26-13-9-8-10-23(26)2)30(34)32-29(31(35)36)17-20-38-3/h8-10,13-15,21,24,29H,4-7,11-12,16-20,22H2,1-3H3,(H,32,34)(H,35,36)/t29-/m0/s1. The summed E-state index contributed by atoms with van der Waals surface area (Å²) in [4.78, 5) is 31.3. The lowest BCUT2D eigenvalue weighted by molar-refractivity contribution is -0.168. The van der Waals surface area contributed by atoms with Crippen LogP contribution in [0.4, 0.5) is 0 Å². The molecule has 0 heterocycles. The Kier molecular flexibility index (Phi) is 12.6.